The van der Waals surface area contributed by atoms with Gasteiger partial charge in [0.05, 0.1) is 33.5 Å². The van der Waals surface area contributed by atoms with Crippen LogP contribution in [0.3, 0.4) is 0 Å². The quantitative estimate of drug-likeness (QED) is 0.192. The molecule has 0 aliphatic rings. The van der Waals surface area contributed by atoms with Crippen molar-refractivity contribution in [1.82, 2.24) is 29.4 Å². The van der Waals surface area contributed by atoms with Gasteiger partial charge in [-0.2, -0.15) is 0 Å². The summed E-state index contributed by atoms with van der Waals surface area (Å²) < 4.78 is 1.76. The van der Waals surface area contributed by atoms with Crippen LogP contribution in [0.4, 0.5) is 22.7 Å². The molecule has 47 heavy (non-hydrogen) atoms. The third-order valence-electron chi connectivity index (χ3n) is 7.22. The Bertz CT molecular complexity index is 2280. The molecule has 0 amide bonds. The van der Waals surface area contributed by atoms with E-state index in [1.807, 2.05) is 97.9 Å². The molecule has 7 aromatic rings. The third kappa shape index (κ3) is 6.76. The smallest absolute Gasteiger partial charge is 0.287 e. The Labute approximate surface area is 268 Å². The van der Waals surface area contributed by atoms with E-state index in [1.54, 1.807) is 6.92 Å². The van der Waals surface area contributed by atoms with Gasteiger partial charge in [-0.3, -0.25) is 9.59 Å². The van der Waals surface area contributed by atoms with E-state index in [9.17, 15) is 14.8 Å². The van der Waals surface area contributed by atoms with Crippen molar-refractivity contribution in [3.63, 3.8) is 0 Å². The fraction of sp³-hybridized carbons (Fsp3) is 0.0857. The second kappa shape index (κ2) is 13.6. The maximum atomic E-state index is 12.7. The molecule has 0 saturated heterocycles. The van der Waals surface area contributed by atoms with Crippen molar-refractivity contribution in [3.8, 4) is 0 Å². The molecule has 0 unspecified atom stereocenters. The lowest BCUT2D eigenvalue weighted by molar-refractivity contribution is 0.0980. The number of nitrogens with one attached hydrogen (secondary N) is 2. The minimum Gasteiger partial charge on any atom is -0.423 e. The summed E-state index contributed by atoms with van der Waals surface area (Å²) in [6.07, 6.45) is 2.75. The van der Waals surface area contributed by atoms with Crippen LogP contribution in [0, 0.1) is 13.8 Å². The first-order valence-corrected chi connectivity index (χ1v) is 14.6. The van der Waals surface area contributed by atoms with E-state index in [0.29, 0.717) is 32.8 Å². The van der Waals surface area contributed by atoms with Crippen LogP contribution in [0.5, 0.6) is 0 Å². The maximum Gasteiger partial charge on any atom is 0.287 e. The monoisotopic (exact) mass is 626 g/mol. The van der Waals surface area contributed by atoms with Crippen LogP contribution in [0.25, 0.3) is 22.1 Å². The summed E-state index contributed by atoms with van der Waals surface area (Å²) in [5, 5.41) is 17.5. The summed E-state index contributed by atoms with van der Waals surface area (Å²) in [6.45, 7) is 3.95. The summed E-state index contributed by atoms with van der Waals surface area (Å²) in [4.78, 5) is 46.9. The van der Waals surface area contributed by atoms with Gasteiger partial charge in [-0.25, -0.2) is 19.9 Å². The lowest BCUT2D eigenvalue weighted by Gasteiger charge is -2.15. The van der Waals surface area contributed by atoms with Gasteiger partial charge < -0.3 is 20.7 Å². The first-order chi connectivity index (χ1) is 22.9. The zero-order valence-corrected chi connectivity index (χ0v) is 25.5. The molecule has 0 atom stereocenters. The van der Waals surface area contributed by atoms with Gasteiger partial charge in [0.15, 0.2) is 11.3 Å². The molecule has 7 rings (SSSR count). The van der Waals surface area contributed by atoms with Gasteiger partial charge in [-0.15, -0.1) is 9.46 Å². The number of hydrogen-bond donors (Lipinski definition) is 3. The van der Waals surface area contributed by atoms with E-state index in [2.05, 4.69) is 30.6 Å². The van der Waals surface area contributed by atoms with Crippen LogP contribution in [-0.2, 0) is 6.61 Å². The summed E-state index contributed by atoms with van der Waals surface area (Å²) in [5.74, 6) is 0. The van der Waals surface area contributed by atoms with E-state index >= 15 is 0 Å². The van der Waals surface area contributed by atoms with Gasteiger partial charge in [0.2, 0.25) is 0 Å². The van der Waals surface area contributed by atoms with Crippen molar-refractivity contribution in [3.05, 3.63) is 153 Å². The normalized spacial score (nSPS) is 10.7. The van der Waals surface area contributed by atoms with Gasteiger partial charge in [-0.1, -0.05) is 66.7 Å². The predicted molar refractivity (Wildman–Crippen MR) is 180 cm³/mol. The Balaban J connectivity index is 0.000000172. The number of hydrogen-bond acceptors (Lipinski definition) is 10. The van der Waals surface area contributed by atoms with E-state index < -0.39 is 5.56 Å². The van der Waals surface area contributed by atoms with Gasteiger partial charge in [0.25, 0.3) is 11.1 Å². The molecule has 0 aliphatic carbocycles. The maximum absolute atomic E-state index is 12.7. The molecule has 0 aliphatic heterocycles. The number of aryl methyl sites for hydroxylation is 2. The number of aromatic nitrogens is 6. The van der Waals surface area contributed by atoms with Crippen molar-refractivity contribution in [2.45, 2.75) is 20.5 Å². The Hall–Kier alpha value is -6.56. The lowest BCUT2D eigenvalue weighted by atomic mass is 10.2. The molecule has 234 valence electrons. The summed E-state index contributed by atoms with van der Waals surface area (Å²) in [7, 11) is 0. The standard InChI is InChI=1S/C21H18N4O2.C14H12N4O2/c1-15-20-18(24-17-10-6-3-7-11-17)12-19(26)25(21(20)23-14-22-15)27-13-16-8-4-2-5-9-16;1-9-13-11(17-10-5-3-2-4-6-10)7-12(19)18(20)14(13)16-8-15-9/h2-12,14,24H,13H2,1H3;2-8,17,20H,1H3. The number of pyridine rings is 2. The average molecular weight is 627 g/mol. The highest BCUT2D eigenvalue weighted by atomic mass is 16.7. The van der Waals surface area contributed by atoms with E-state index in [-0.39, 0.29) is 17.8 Å². The predicted octanol–water partition coefficient (Wildman–Crippen LogP) is 5.55. The first kappa shape index (κ1) is 30.5. The van der Waals surface area contributed by atoms with Crippen molar-refractivity contribution < 1.29 is 10.0 Å². The van der Waals surface area contributed by atoms with Crippen LogP contribution in [0.1, 0.15) is 17.0 Å². The molecule has 0 spiro atoms. The Morgan fingerprint density at radius 2 is 1.11 bits per heavy atom. The minimum atomic E-state index is -0.547. The SMILES string of the molecule is Cc1ncnc2c1c(Nc1ccccc1)cc(=O)n2O.Cc1ncnc2c1c(Nc1ccccc1)cc(=O)n2OCc1ccccc1. The zero-order chi connectivity index (χ0) is 32.8. The molecule has 0 saturated carbocycles. The average Bonchev–Trinajstić information content (AvgIpc) is 3.08. The van der Waals surface area contributed by atoms with Crippen LogP contribution in [-0.4, -0.2) is 34.6 Å². The first-order valence-electron chi connectivity index (χ1n) is 14.6. The number of benzene rings is 3. The topological polar surface area (TPSA) is 149 Å². The highest BCUT2D eigenvalue weighted by Gasteiger charge is 2.15. The van der Waals surface area contributed by atoms with Gasteiger partial charge in [0.1, 0.15) is 19.3 Å². The number of fused-ring (bicyclic) bond motifs is 2. The van der Waals surface area contributed by atoms with E-state index in [1.165, 1.54) is 29.5 Å². The summed E-state index contributed by atoms with van der Waals surface area (Å²) in [6, 6.07) is 31.6. The molecule has 12 nitrogen and oxygen atoms in total. The van der Waals surface area contributed by atoms with E-state index in [4.69, 9.17) is 4.84 Å². The Morgan fingerprint density at radius 3 is 1.66 bits per heavy atom. The highest BCUT2D eigenvalue weighted by Crippen LogP contribution is 2.26. The highest BCUT2D eigenvalue weighted by molar-refractivity contribution is 5.93. The number of anilines is 4. The molecular formula is C35H30N8O4. The van der Waals surface area contributed by atoms with Gasteiger partial charge in [0, 0.05) is 23.5 Å². The van der Waals surface area contributed by atoms with Crippen molar-refractivity contribution in [1.29, 1.82) is 0 Å². The molecule has 4 aromatic heterocycles. The van der Waals surface area contributed by atoms with Crippen LogP contribution in [0.15, 0.2) is 125 Å². The summed E-state index contributed by atoms with van der Waals surface area (Å²) in [5.41, 5.74) is 5.12. The second-order valence-electron chi connectivity index (χ2n) is 10.5. The molecule has 3 aromatic carbocycles. The molecule has 3 N–H and O–H groups in total. The molecule has 4 heterocycles. The molecular weight excluding hydrogens is 596 g/mol. The third-order valence-corrected chi connectivity index (χ3v) is 7.22. The number of para-hydroxylation sites is 2. The Kier molecular flexibility index (Phi) is 8.82. The number of nitrogens with zero attached hydrogens (tertiary/aromatic N) is 6. The van der Waals surface area contributed by atoms with Crippen molar-refractivity contribution in [2.75, 3.05) is 10.6 Å². The van der Waals surface area contributed by atoms with Crippen molar-refractivity contribution in [2.24, 2.45) is 0 Å². The van der Waals surface area contributed by atoms with Crippen LogP contribution < -0.4 is 26.6 Å². The van der Waals surface area contributed by atoms with Crippen LogP contribution in [0.2, 0.25) is 0 Å². The van der Waals surface area contributed by atoms with Gasteiger partial charge >= 0.3 is 0 Å². The van der Waals surface area contributed by atoms with Crippen LogP contribution >= 0.6 is 0 Å². The molecule has 0 radical (unpaired) electrons. The number of rotatable bonds is 7. The molecule has 0 bridgehead atoms. The fourth-order valence-electron chi connectivity index (χ4n) is 4.98. The second-order valence-corrected chi connectivity index (χ2v) is 10.5. The molecule has 12 heteroatoms. The largest absolute Gasteiger partial charge is 0.423 e. The summed E-state index contributed by atoms with van der Waals surface area (Å²) >= 11 is 0. The minimum absolute atomic E-state index is 0.184. The van der Waals surface area contributed by atoms with Crippen molar-refractivity contribution >= 4 is 44.8 Å². The van der Waals surface area contributed by atoms with E-state index in [0.717, 1.165) is 28.0 Å². The zero-order valence-electron chi connectivity index (χ0n) is 25.5. The lowest BCUT2D eigenvalue weighted by Crippen LogP contribution is -2.28. The fourth-order valence-corrected chi connectivity index (χ4v) is 4.98. The molecule has 0 fully saturated rings. The van der Waals surface area contributed by atoms with Gasteiger partial charge in [-0.05, 0) is 43.7 Å². The Morgan fingerprint density at radius 1 is 0.638 bits per heavy atom.